The average Bonchev–Trinajstić information content (AvgIpc) is 3.29. The number of rotatable bonds is 8. The monoisotopic (exact) mass is 488 g/mol. The van der Waals surface area contributed by atoms with Crippen molar-refractivity contribution in [3.05, 3.63) is 81.9 Å². The van der Waals surface area contributed by atoms with Crippen LogP contribution in [0.1, 0.15) is 18.1 Å². The second-order valence-electron chi connectivity index (χ2n) is 8.82. The van der Waals surface area contributed by atoms with E-state index < -0.39 is 37.0 Å². The predicted octanol–water partition coefficient (Wildman–Crippen LogP) is 1.94. The highest BCUT2D eigenvalue weighted by atomic mass is 28.3. The summed E-state index contributed by atoms with van der Waals surface area (Å²) in [5.41, 5.74) is 6.60. The first kappa shape index (κ1) is 27.4. The van der Waals surface area contributed by atoms with Crippen LogP contribution in [0.15, 0.2) is 66.2 Å². The Bertz CT molecular complexity index is 996. The summed E-state index contributed by atoms with van der Waals surface area (Å²) in [5, 5.41) is 48.7. The van der Waals surface area contributed by atoms with Crippen LogP contribution >= 0.6 is 0 Å². The quantitative estimate of drug-likeness (QED) is 0.163. The zero-order chi connectivity index (χ0) is 25.5. The lowest BCUT2D eigenvalue weighted by molar-refractivity contribution is -0.384. The van der Waals surface area contributed by atoms with Crippen LogP contribution in [0.5, 0.6) is 0 Å². The Kier molecular flexibility index (Phi) is 9.65. The minimum atomic E-state index is -1.87. The summed E-state index contributed by atoms with van der Waals surface area (Å²) in [6.07, 6.45) is 1.66. The van der Waals surface area contributed by atoms with Crippen LogP contribution < -0.4 is 10.9 Å². The molecule has 10 heteroatoms. The number of aliphatic carboxylic acids is 1. The SMILES string of the molecule is C[Si](C)(c1ccccc1)C1CC=C(CO)C1C(=O)O.NC(CO)C(O)c1ccc([N+](=O)[O-])cc1. The van der Waals surface area contributed by atoms with Crippen LogP contribution in [0, 0.1) is 16.0 Å². The molecule has 1 aliphatic carbocycles. The highest BCUT2D eigenvalue weighted by Crippen LogP contribution is 2.43. The van der Waals surface area contributed by atoms with Crippen molar-refractivity contribution in [2.24, 2.45) is 11.7 Å². The number of nitrogens with two attached hydrogens (primary N) is 1. The molecule has 34 heavy (non-hydrogen) atoms. The average molecular weight is 489 g/mol. The molecular formula is C24H32N2O7Si. The predicted molar refractivity (Wildman–Crippen MR) is 131 cm³/mol. The third kappa shape index (κ3) is 6.36. The van der Waals surface area contributed by atoms with Crippen LogP contribution in [0.3, 0.4) is 0 Å². The summed E-state index contributed by atoms with van der Waals surface area (Å²) in [5.74, 6) is -1.33. The van der Waals surface area contributed by atoms with E-state index in [0.717, 1.165) is 6.42 Å². The number of nitrogens with zero attached hydrogens (tertiary/aromatic N) is 1. The number of carbonyl (C=O) groups is 1. The molecule has 1 aliphatic rings. The van der Waals surface area contributed by atoms with E-state index in [0.29, 0.717) is 11.1 Å². The number of non-ortho nitro benzene ring substituents is 1. The van der Waals surface area contributed by atoms with Gasteiger partial charge in [-0.3, -0.25) is 14.9 Å². The molecule has 0 spiro atoms. The van der Waals surface area contributed by atoms with Gasteiger partial charge in [0.2, 0.25) is 0 Å². The molecule has 2 aromatic carbocycles. The van der Waals surface area contributed by atoms with Gasteiger partial charge in [-0.15, -0.1) is 0 Å². The van der Waals surface area contributed by atoms with E-state index in [-0.39, 0.29) is 24.4 Å². The largest absolute Gasteiger partial charge is 0.481 e. The topological polar surface area (TPSA) is 167 Å². The molecular weight excluding hydrogens is 456 g/mol. The second kappa shape index (κ2) is 12.0. The van der Waals surface area contributed by atoms with E-state index in [2.05, 4.69) is 25.2 Å². The molecule has 4 atom stereocenters. The van der Waals surface area contributed by atoms with Crippen molar-refractivity contribution in [3.63, 3.8) is 0 Å². The van der Waals surface area contributed by atoms with E-state index in [1.165, 1.54) is 29.5 Å². The molecule has 184 valence electrons. The molecule has 3 rings (SSSR count). The maximum Gasteiger partial charge on any atom is 0.310 e. The third-order valence-electron chi connectivity index (χ3n) is 6.39. The number of carboxylic acid groups (broad SMARTS) is 1. The van der Waals surface area contributed by atoms with Gasteiger partial charge in [0, 0.05) is 12.1 Å². The smallest absolute Gasteiger partial charge is 0.310 e. The van der Waals surface area contributed by atoms with Gasteiger partial charge in [0.15, 0.2) is 0 Å². The normalized spacial score (nSPS) is 19.4. The fraction of sp³-hybridized carbons (Fsp3) is 0.375. The molecule has 0 saturated carbocycles. The van der Waals surface area contributed by atoms with Gasteiger partial charge in [-0.1, -0.05) is 54.7 Å². The van der Waals surface area contributed by atoms with Gasteiger partial charge in [-0.2, -0.15) is 0 Å². The van der Waals surface area contributed by atoms with E-state index >= 15 is 0 Å². The molecule has 0 aliphatic heterocycles. The Morgan fingerprint density at radius 1 is 1.15 bits per heavy atom. The first-order chi connectivity index (χ1) is 16.0. The summed E-state index contributed by atoms with van der Waals surface area (Å²) in [6, 6.07) is 14.8. The van der Waals surface area contributed by atoms with Crippen molar-refractivity contribution in [2.75, 3.05) is 13.2 Å². The molecule has 0 bridgehead atoms. The van der Waals surface area contributed by atoms with Crippen LogP contribution in [-0.4, -0.2) is 58.6 Å². The highest BCUT2D eigenvalue weighted by molar-refractivity contribution is 6.91. The van der Waals surface area contributed by atoms with Crippen LogP contribution in [0.4, 0.5) is 5.69 Å². The maximum atomic E-state index is 11.5. The zero-order valence-electron chi connectivity index (χ0n) is 19.2. The summed E-state index contributed by atoms with van der Waals surface area (Å²) in [4.78, 5) is 21.4. The number of nitro benzene ring substituents is 1. The molecule has 0 aromatic heterocycles. The standard InChI is InChI=1S/C15H20O3Si.C9H12N2O4/c1-19(2,12-6-4-3-5-7-12)13-9-8-11(10-16)14(13)15(17)18;10-8(5-12)9(13)6-1-3-7(4-2-6)11(14)15/h3-8,13-14,16H,9-10H2,1-2H3,(H,17,18);1-4,8-9,12-13H,5,10H2. The Hall–Kier alpha value is -2.89. The molecule has 6 N–H and O–H groups in total. The Morgan fingerprint density at radius 2 is 1.74 bits per heavy atom. The lowest BCUT2D eigenvalue weighted by atomic mass is 10.0. The summed E-state index contributed by atoms with van der Waals surface area (Å²) in [7, 11) is -1.87. The minimum Gasteiger partial charge on any atom is -0.481 e. The molecule has 2 aromatic rings. The van der Waals surface area contributed by atoms with Crippen molar-refractivity contribution >= 4 is 24.9 Å². The summed E-state index contributed by atoms with van der Waals surface area (Å²) in [6.45, 7) is 3.94. The van der Waals surface area contributed by atoms with Crippen molar-refractivity contribution in [3.8, 4) is 0 Å². The third-order valence-corrected chi connectivity index (χ3v) is 10.6. The van der Waals surface area contributed by atoms with Gasteiger partial charge in [0.25, 0.3) is 5.69 Å². The maximum absolute atomic E-state index is 11.5. The van der Waals surface area contributed by atoms with Gasteiger partial charge in [0.1, 0.15) is 0 Å². The molecule has 4 unspecified atom stereocenters. The number of aliphatic hydroxyl groups excluding tert-OH is 3. The second-order valence-corrected chi connectivity index (χ2v) is 13.6. The number of allylic oxidation sites excluding steroid dienone is 1. The molecule has 0 radical (unpaired) electrons. The number of nitro groups is 1. The van der Waals surface area contributed by atoms with Crippen LogP contribution in [0.25, 0.3) is 0 Å². The number of aliphatic hydroxyl groups is 3. The molecule has 0 fully saturated rings. The van der Waals surface area contributed by atoms with Crippen molar-refractivity contribution in [1.29, 1.82) is 0 Å². The minimum absolute atomic E-state index is 0.0523. The summed E-state index contributed by atoms with van der Waals surface area (Å²) < 4.78 is 0. The van der Waals surface area contributed by atoms with Crippen molar-refractivity contribution < 1.29 is 30.1 Å². The van der Waals surface area contributed by atoms with E-state index in [1.807, 2.05) is 24.3 Å². The number of hydrogen-bond acceptors (Lipinski definition) is 7. The molecule has 0 amide bonds. The van der Waals surface area contributed by atoms with Gasteiger partial charge in [-0.25, -0.2) is 0 Å². The van der Waals surface area contributed by atoms with Crippen LogP contribution in [-0.2, 0) is 4.79 Å². The molecule has 0 heterocycles. The molecule has 9 nitrogen and oxygen atoms in total. The van der Waals surface area contributed by atoms with Crippen molar-refractivity contribution in [2.45, 2.75) is 37.2 Å². The number of carboxylic acids is 1. The first-order valence-corrected chi connectivity index (χ1v) is 14.0. The van der Waals surface area contributed by atoms with Gasteiger partial charge < -0.3 is 26.2 Å². The fourth-order valence-electron chi connectivity index (χ4n) is 4.23. The van der Waals surface area contributed by atoms with E-state index in [9.17, 15) is 30.2 Å². The first-order valence-electron chi connectivity index (χ1n) is 10.9. The Morgan fingerprint density at radius 3 is 2.21 bits per heavy atom. The Labute approximate surface area is 199 Å². The lowest BCUT2D eigenvalue weighted by Gasteiger charge is -2.33. The molecule has 0 saturated heterocycles. The van der Waals surface area contributed by atoms with E-state index in [4.69, 9.17) is 10.8 Å². The zero-order valence-corrected chi connectivity index (χ0v) is 20.2. The van der Waals surface area contributed by atoms with Gasteiger partial charge >= 0.3 is 5.97 Å². The van der Waals surface area contributed by atoms with Crippen molar-refractivity contribution in [1.82, 2.24) is 0 Å². The van der Waals surface area contributed by atoms with Gasteiger partial charge in [0.05, 0.1) is 44.3 Å². The number of benzene rings is 2. The highest BCUT2D eigenvalue weighted by Gasteiger charge is 2.45. The van der Waals surface area contributed by atoms with Gasteiger partial charge in [-0.05, 0) is 35.2 Å². The fourth-order valence-corrected chi connectivity index (χ4v) is 7.60. The lowest BCUT2D eigenvalue weighted by Crippen LogP contribution is -2.48. The van der Waals surface area contributed by atoms with E-state index in [1.54, 1.807) is 0 Å². The Balaban J connectivity index is 0.000000248. The van der Waals surface area contributed by atoms with Crippen LogP contribution in [0.2, 0.25) is 18.6 Å². The number of hydrogen-bond donors (Lipinski definition) is 5. The summed E-state index contributed by atoms with van der Waals surface area (Å²) >= 11 is 0.